The number of hydrogen-bond donors (Lipinski definition) is 0. The van der Waals surface area contributed by atoms with Gasteiger partial charge in [0.1, 0.15) is 6.04 Å². The summed E-state index contributed by atoms with van der Waals surface area (Å²) in [4.78, 5) is 0.761. The molecule has 0 aliphatic rings. The monoisotopic (exact) mass is 321 g/mol. The van der Waals surface area contributed by atoms with Gasteiger partial charge in [0.25, 0.3) is 0 Å². The Hall–Kier alpha value is -2.39. The highest BCUT2D eigenvalue weighted by atomic mass is 32.2. The van der Waals surface area contributed by atoms with E-state index in [-0.39, 0.29) is 6.04 Å². The van der Waals surface area contributed by atoms with Crippen LogP contribution < -0.4 is 0 Å². The van der Waals surface area contributed by atoms with Gasteiger partial charge in [0.2, 0.25) is 0 Å². The minimum absolute atomic E-state index is 0.241. The van der Waals surface area contributed by atoms with Crippen LogP contribution >= 0.6 is 0 Å². The van der Waals surface area contributed by atoms with Crippen LogP contribution in [0, 0.1) is 0 Å². The van der Waals surface area contributed by atoms with Crippen molar-refractivity contribution in [1.29, 1.82) is 0 Å². The third kappa shape index (κ3) is 3.69. The first-order valence-corrected chi connectivity index (χ1v) is 9.45. The van der Waals surface area contributed by atoms with Crippen molar-refractivity contribution in [1.82, 2.24) is 0 Å². The molecule has 3 heteroatoms. The summed E-state index contributed by atoms with van der Waals surface area (Å²) in [5, 5.41) is 0. The van der Waals surface area contributed by atoms with Gasteiger partial charge in [-0.05, 0) is 23.3 Å². The zero-order chi connectivity index (χ0) is 16.1. The van der Waals surface area contributed by atoms with Crippen LogP contribution in [0.5, 0.6) is 0 Å². The molecule has 3 rings (SSSR count). The molecular weight excluding hydrogens is 302 g/mol. The maximum Gasteiger partial charge on any atom is 0.110 e. The molecule has 2 nitrogen and oxygen atoms in total. The van der Waals surface area contributed by atoms with Crippen molar-refractivity contribution in [3.8, 4) is 0 Å². The van der Waals surface area contributed by atoms with E-state index in [0.717, 1.165) is 16.0 Å². The zero-order valence-electron chi connectivity index (χ0n) is 13.0. The lowest BCUT2D eigenvalue weighted by Gasteiger charge is -2.16. The summed E-state index contributed by atoms with van der Waals surface area (Å²) < 4.78 is 17.9. The minimum Gasteiger partial charge on any atom is -0.245 e. The van der Waals surface area contributed by atoms with Crippen molar-refractivity contribution in [2.45, 2.75) is 10.9 Å². The molecule has 0 bridgehead atoms. The normalized spacial score (nSPS) is 13.5. The lowest BCUT2D eigenvalue weighted by atomic mass is 10.00. The number of benzene rings is 3. The van der Waals surface area contributed by atoms with E-state index in [2.05, 4.69) is 0 Å². The van der Waals surface area contributed by atoms with Gasteiger partial charge in [0.05, 0.1) is 9.73 Å². The molecule has 0 amide bonds. The van der Waals surface area contributed by atoms with Crippen LogP contribution in [-0.4, -0.2) is 10.5 Å². The van der Waals surface area contributed by atoms with Gasteiger partial charge in [0, 0.05) is 11.2 Å². The van der Waals surface area contributed by atoms with Crippen LogP contribution in [0.3, 0.4) is 0 Å². The number of rotatable bonds is 4. The summed E-state index contributed by atoms with van der Waals surface area (Å²) in [6, 6.07) is 29.2. The average Bonchev–Trinajstić information content (AvgIpc) is 2.62. The molecule has 0 saturated heterocycles. The van der Waals surface area contributed by atoms with Crippen molar-refractivity contribution in [2.24, 2.45) is 4.36 Å². The predicted octanol–water partition coefficient (Wildman–Crippen LogP) is 4.93. The summed E-state index contributed by atoms with van der Waals surface area (Å²) in [5.74, 6) is 0. The van der Waals surface area contributed by atoms with Gasteiger partial charge in [-0.1, -0.05) is 78.9 Å². The fourth-order valence-electron chi connectivity index (χ4n) is 2.52. The summed E-state index contributed by atoms with van der Waals surface area (Å²) in [5.41, 5.74) is 2.09. The van der Waals surface area contributed by atoms with Gasteiger partial charge >= 0.3 is 0 Å². The van der Waals surface area contributed by atoms with Crippen LogP contribution in [-0.2, 0) is 9.73 Å². The second-order valence-electron chi connectivity index (χ2n) is 5.44. The van der Waals surface area contributed by atoms with Gasteiger partial charge in [0.15, 0.2) is 0 Å². The molecule has 3 aromatic carbocycles. The first-order valence-electron chi connectivity index (χ1n) is 7.53. The van der Waals surface area contributed by atoms with Crippen LogP contribution in [0.1, 0.15) is 17.2 Å². The predicted molar refractivity (Wildman–Crippen MR) is 95.9 cm³/mol. The Morgan fingerprint density at radius 3 is 1.52 bits per heavy atom. The van der Waals surface area contributed by atoms with E-state index >= 15 is 0 Å². The fourth-order valence-corrected chi connectivity index (χ4v) is 3.95. The van der Waals surface area contributed by atoms with Crippen LogP contribution in [0.15, 0.2) is 100 Å². The molecule has 0 N–H and O–H groups in total. The molecule has 0 aliphatic heterocycles. The molecule has 0 aromatic heterocycles. The van der Waals surface area contributed by atoms with Gasteiger partial charge in [-0.3, -0.25) is 0 Å². The highest BCUT2D eigenvalue weighted by molar-refractivity contribution is 7.93. The maximum absolute atomic E-state index is 13.2. The molecule has 0 radical (unpaired) electrons. The van der Waals surface area contributed by atoms with Crippen molar-refractivity contribution in [3.05, 3.63) is 102 Å². The van der Waals surface area contributed by atoms with E-state index in [1.54, 1.807) is 6.26 Å². The first-order chi connectivity index (χ1) is 11.2. The van der Waals surface area contributed by atoms with Crippen molar-refractivity contribution >= 4 is 9.73 Å². The van der Waals surface area contributed by atoms with Crippen LogP contribution in [0.2, 0.25) is 0 Å². The Kier molecular flexibility index (Phi) is 4.58. The Morgan fingerprint density at radius 2 is 1.09 bits per heavy atom. The Labute approximate surface area is 138 Å². The standard InChI is InChI=1S/C20H19NOS/c1-23(22,19-15-9-4-10-16-19)21-20(17-11-5-2-6-12-17)18-13-7-3-8-14-18/h2-16,20H,1H3. The van der Waals surface area contributed by atoms with Crippen molar-refractivity contribution < 1.29 is 4.21 Å². The quantitative estimate of drug-likeness (QED) is 0.669. The molecule has 0 aliphatic carbocycles. The van der Waals surface area contributed by atoms with Crippen molar-refractivity contribution in [2.75, 3.05) is 6.26 Å². The van der Waals surface area contributed by atoms with Gasteiger partial charge in [-0.15, -0.1) is 0 Å². The Balaban J connectivity index is 2.14. The lowest BCUT2D eigenvalue weighted by Crippen LogP contribution is -2.04. The Morgan fingerprint density at radius 1 is 0.696 bits per heavy atom. The molecular formula is C20H19NOS. The van der Waals surface area contributed by atoms with E-state index in [4.69, 9.17) is 4.36 Å². The molecule has 0 heterocycles. The van der Waals surface area contributed by atoms with Gasteiger partial charge in [-0.2, -0.15) is 0 Å². The topological polar surface area (TPSA) is 29.4 Å². The summed E-state index contributed by atoms with van der Waals surface area (Å²) >= 11 is 0. The summed E-state index contributed by atoms with van der Waals surface area (Å²) in [6.07, 6.45) is 1.71. The molecule has 1 unspecified atom stereocenters. The minimum atomic E-state index is -2.48. The molecule has 3 aromatic rings. The van der Waals surface area contributed by atoms with E-state index in [1.807, 2.05) is 91.0 Å². The fraction of sp³-hybridized carbons (Fsp3) is 0.100. The third-order valence-electron chi connectivity index (χ3n) is 3.72. The third-order valence-corrected chi connectivity index (χ3v) is 5.48. The van der Waals surface area contributed by atoms with E-state index in [9.17, 15) is 4.21 Å². The molecule has 23 heavy (non-hydrogen) atoms. The number of nitrogens with zero attached hydrogens (tertiary/aromatic N) is 1. The number of hydrogen-bond acceptors (Lipinski definition) is 2. The van der Waals surface area contributed by atoms with E-state index in [0.29, 0.717) is 0 Å². The molecule has 1 atom stereocenters. The molecule has 0 fully saturated rings. The highest BCUT2D eigenvalue weighted by Gasteiger charge is 2.16. The van der Waals surface area contributed by atoms with E-state index in [1.165, 1.54) is 0 Å². The summed E-state index contributed by atoms with van der Waals surface area (Å²) in [7, 11) is -2.48. The average molecular weight is 321 g/mol. The maximum atomic E-state index is 13.2. The smallest absolute Gasteiger partial charge is 0.110 e. The second-order valence-corrected chi connectivity index (χ2v) is 7.73. The first kappa shape index (κ1) is 15.5. The molecule has 0 spiro atoms. The summed E-state index contributed by atoms with van der Waals surface area (Å²) in [6.45, 7) is 0. The SMILES string of the molecule is CS(=O)(=NC(c1ccccc1)c1ccccc1)c1ccccc1. The van der Waals surface area contributed by atoms with Gasteiger partial charge < -0.3 is 0 Å². The van der Waals surface area contributed by atoms with Gasteiger partial charge in [-0.25, -0.2) is 8.57 Å². The van der Waals surface area contributed by atoms with Crippen molar-refractivity contribution in [3.63, 3.8) is 0 Å². The molecule has 0 saturated carbocycles. The largest absolute Gasteiger partial charge is 0.245 e. The van der Waals surface area contributed by atoms with Crippen LogP contribution in [0.25, 0.3) is 0 Å². The van der Waals surface area contributed by atoms with Crippen LogP contribution in [0.4, 0.5) is 0 Å². The Bertz CT molecular complexity index is 828. The zero-order valence-corrected chi connectivity index (χ0v) is 13.8. The molecule has 116 valence electrons. The lowest BCUT2D eigenvalue weighted by molar-refractivity contribution is 0.675. The highest BCUT2D eigenvalue weighted by Crippen LogP contribution is 2.28. The second kappa shape index (κ2) is 6.80. The van der Waals surface area contributed by atoms with E-state index < -0.39 is 9.73 Å².